The van der Waals surface area contributed by atoms with Gasteiger partial charge in [-0.15, -0.1) is 0 Å². The summed E-state index contributed by atoms with van der Waals surface area (Å²) in [5.74, 6) is -1.69. The van der Waals surface area contributed by atoms with E-state index in [1.807, 2.05) is 0 Å². The number of nitrogens with one attached hydrogen (secondary N) is 1. The first kappa shape index (κ1) is 14.7. The van der Waals surface area contributed by atoms with Crippen molar-refractivity contribution in [2.45, 2.75) is 6.18 Å². The molecule has 110 valence electrons. The Bertz CT molecular complexity index is 646. The van der Waals surface area contributed by atoms with Gasteiger partial charge in [-0.3, -0.25) is 4.79 Å². The minimum atomic E-state index is -4.46. The quantitative estimate of drug-likeness (QED) is 0.796. The third-order valence-corrected chi connectivity index (χ3v) is 2.72. The molecule has 0 bridgehead atoms. The zero-order valence-corrected chi connectivity index (χ0v) is 10.5. The largest absolute Gasteiger partial charge is 0.507 e. The molecule has 0 fully saturated rings. The number of hydrogen-bond donors (Lipinski definition) is 3. The molecule has 2 aromatic carbocycles. The molecule has 21 heavy (non-hydrogen) atoms. The number of rotatable bonds is 2. The average Bonchev–Trinajstić information content (AvgIpc) is 2.38. The number of alkyl halides is 3. The van der Waals surface area contributed by atoms with Gasteiger partial charge >= 0.3 is 6.18 Å². The standard InChI is InChI=1S/C14H10F3NO3/c15-14(16,17)8-4-6-9(7-5-8)18-13(21)12-10(19)2-1-3-11(12)20/h1-7,19-20H,(H,18,21). The number of phenols is 2. The summed E-state index contributed by atoms with van der Waals surface area (Å²) in [6, 6.07) is 7.57. The minimum absolute atomic E-state index is 0.107. The maximum Gasteiger partial charge on any atom is 0.416 e. The van der Waals surface area contributed by atoms with Crippen LogP contribution in [0.15, 0.2) is 42.5 Å². The molecule has 0 saturated heterocycles. The van der Waals surface area contributed by atoms with Crippen molar-refractivity contribution in [2.24, 2.45) is 0 Å². The highest BCUT2D eigenvalue weighted by molar-refractivity contribution is 6.08. The Morgan fingerprint density at radius 1 is 0.952 bits per heavy atom. The van der Waals surface area contributed by atoms with E-state index in [1.54, 1.807) is 0 Å². The Morgan fingerprint density at radius 2 is 1.48 bits per heavy atom. The number of amides is 1. The first-order valence-corrected chi connectivity index (χ1v) is 5.78. The topological polar surface area (TPSA) is 69.6 Å². The fourth-order valence-electron chi connectivity index (χ4n) is 1.70. The van der Waals surface area contributed by atoms with Crippen LogP contribution in [0.3, 0.4) is 0 Å². The number of halogens is 3. The number of phenolic OH excluding ortho intramolecular Hbond substituents is 2. The Morgan fingerprint density at radius 3 is 1.95 bits per heavy atom. The molecule has 7 heteroatoms. The van der Waals surface area contributed by atoms with Gasteiger partial charge in [0.2, 0.25) is 0 Å². The lowest BCUT2D eigenvalue weighted by Crippen LogP contribution is -2.13. The monoisotopic (exact) mass is 297 g/mol. The third-order valence-electron chi connectivity index (χ3n) is 2.72. The lowest BCUT2D eigenvalue weighted by Gasteiger charge is -2.10. The molecule has 0 spiro atoms. The second-order valence-corrected chi connectivity index (χ2v) is 4.20. The molecule has 0 radical (unpaired) electrons. The average molecular weight is 297 g/mol. The molecule has 4 nitrogen and oxygen atoms in total. The van der Waals surface area contributed by atoms with Gasteiger partial charge in [0.05, 0.1) is 5.56 Å². The van der Waals surface area contributed by atoms with Gasteiger partial charge in [0.25, 0.3) is 5.91 Å². The van der Waals surface area contributed by atoms with Crippen molar-refractivity contribution in [1.29, 1.82) is 0 Å². The Balaban J connectivity index is 2.21. The summed E-state index contributed by atoms with van der Waals surface area (Å²) in [4.78, 5) is 11.9. The van der Waals surface area contributed by atoms with E-state index >= 15 is 0 Å². The van der Waals surface area contributed by atoms with E-state index in [1.165, 1.54) is 18.2 Å². The molecule has 0 aliphatic rings. The lowest BCUT2D eigenvalue weighted by molar-refractivity contribution is -0.137. The molecular weight excluding hydrogens is 287 g/mol. The molecule has 0 unspecified atom stereocenters. The summed E-state index contributed by atoms with van der Waals surface area (Å²) in [5, 5.41) is 21.3. The molecule has 1 amide bonds. The Labute approximate surface area is 117 Å². The molecule has 0 saturated carbocycles. The van der Waals surface area contributed by atoms with Crippen LogP contribution >= 0.6 is 0 Å². The van der Waals surface area contributed by atoms with Gasteiger partial charge in [-0.2, -0.15) is 13.2 Å². The van der Waals surface area contributed by atoms with Gasteiger partial charge in [0, 0.05) is 5.69 Å². The zero-order valence-electron chi connectivity index (χ0n) is 10.5. The summed E-state index contributed by atoms with van der Waals surface area (Å²) >= 11 is 0. The number of carbonyl (C=O) groups is 1. The van der Waals surface area contributed by atoms with Gasteiger partial charge < -0.3 is 15.5 Å². The van der Waals surface area contributed by atoms with Crippen molar-refractivity contribution in [2.75, 3.05) is 5.32 Å². The number of anilines is 1. The molecule has 2 aromatic rings. The molecule has 2 rings (SSSR count). The van der Waals surface area contributed by atoms with Crippen LogP contribution in [0.4, 0.5) is 18.9 Å². The van der Waals surface area contributed by atoms with Gasteiger partial charge in [-0.25, -0.2) is 0 Å². The van der Waals surface area contributed by atoms with Crippen LogP contribution in [-0.2, 0) is 6.18 Å². The summed E-state index contributed by atoms with van der Waals surface area (Å²) in [7, 11) is 0. The maximum atomic E-state index is 12.4. The summed E-state index contributed by atoms with van der Waals surface area (Å²) in [5.41, 5.74) is -1.08. The van der Waals surface area contributed by atoms with Crippen LogP contribution in [0, 0.1) is 0 Å². The van der Waals surface area contributed by atoms with Crippen molar-refractivity contribution in [3.05, 3.63) is 53.6 Å². The Kier molecular flexibility index (Phi) is 3.75. The van der Waals surface area contributed by atoms with Crippen LogP contribution in [0.2, 0.25) is 0 Å². The smallest absolute Gasteiger partial charge is 0.416 e. The third kappa shape index (κ3) is 3.25. The maximum absolute atomic E-state index is 12.4. The van der Waals surface area contributed by atoms with E-state index < -0.39 is 29.1 Å². The molecule has 0 aromatic heterocycles. The van der Waals surface area contributed by atoms with E-state index in [2.05, 4.69) is 5.32 Å². The van der Waals surface area contributed by atoms with E-state index in [4.69, 9.17) is 0 Å². The number of hydrogen-bond acceptors (Lipinski definition) is 3. The van der Waals surface area contributed by atoms with Crippen molar-refractivity contribution >= 4 is 11.6 Å². The van der Waals surface area contributed by atoms with Crippen molar-refractivity contribution in [3.8, 4) is 11.5 Å². The van der Waals surface area contributed by atoms with Crippen molar-refractivity contribution in [1.82, 2.24) is 0 Å². The molecule has 3 N–H and O–H groups in total. The van der Waals surface area contributed by atoms with Gasteiger partial charge in [-0.1, -0.05) is 6.07 Å². The summed E-state index contributed by atoms with van der Waals surface area (Å²) in [6.07, 6.45) is -4.46. The minimum Gasteiger partial charge on any atom is -0.507 e. The van der Waals surface area contributed by atoms with E-state index in [-0.39, 0.29) is 11.3 Å². The van der Waals surface area contributed by atoms with Crippen molar-refractivity contribution in [3.63, 3.8) is 0 Å². The highest BCUT2D eigenvalue weighted by Gasteiger charge is 2.30. The normalized spacial score (nSPS) is 11.2. The van der Waals surface area contributed by atoms with Crippen LogP contribution in [-0.4, -0.2) is 16.1 Å². The fourth-order valence-corrected chi connectivity index (χ4v) is 1.70. The first-order valence-electron chi connectivity index (χ1n) is 5.78. The van der Waals surface area contributed by atoms with Gasteiger partial charge in [0.15, 0.2) is 0 Å². The number of carbonyl (C=O) groups excluding carboxylic acids is 1. The van der Waals surface area contributed by atoms with Crippen LogP contribution < -0.4 is 5.32 Å². The van der Waals surface area contributed by atoms with Gasteiger partial charge in [-0.05, 0) is 36.4 Å². The van der Waals surface area contributed by atoms with E-state index in [0.29, 0.717) is 0 Å². The molecule has 0 heterocycles. The van der Waals surface area contributed by atoms with Gasteiger partial charge in [0.1, 0.15) is 17.1 Å². The van der Waals surface area contributed by atoms with Crippen molar-refractivity contribution < 1.29 is 28.2 Å². The van der Waals surface area contributed by atoms with E-state index in [9.17, 15) is 28.2 Å². The zero-order chi connectivity index (χ0) is 15.6. The van der Waals surface area contributed by atoms with Crippen LogP contribution in [0.5, 0.6) is 11.5 Å². The number of aromatic hydroxyl groups is 2. The number of benzene rings is 2. The van der Waals surface area contributed by atoms with Crippen LogP contribution in [0.1, 0.15) is 15.9 Å². The van der Waals surface area contributed by atoms with E-state index in [0.717, 1.165) is 24.3 Å². The Hall–Kier alpha value is -2.70. The highest BCUT2D eigenvalue weighted by atomic mass is 19.4. The SMILES string of the molecule is O=C(Nc1ccc(C(F)(F)F)cc1)c1c(O)cccc1O. The summed E-state index contributed by atoms with van der Waals surface area (Å²) < 4.78 is 37.2. The fraction of sp³-hybridized carbons (Fsp3) is 0.0714. The molecule has 0 aliphatic carbocycles. The first-order chi connectivity index (χ1) is 9.79. The predicted octanol–water partition coefficient (Wildman–Crippen LogP) is 3.37. The molecule has 0 aliphatic heterocycles. The second kappa shape index (κ2) is 5.35. The summed E-state index contributed by atoms with van der Waals surface area (Å²) in [6.45, 7) is 0. The molecular formula is C14H10F3NO3. The highest BCUT2D eigenvalue weighted by Crippen LogP contribution is 2.30. The molecule has 0 atom stereocenters. The predicted molar refractivity (Wildman–Crippen MR) is 69.2 cm³/mol. The second-order valence-electron chi connectivity index (χ2n) is 4.20. The van der Waals surface area contributed by atoms with Crippen LogP contribution in [0.25, 0.3) is 0 Å². The lowest BCUT2D eigenvalue weighted by atomic mass is 10.1.